The Labute approximate surface area is 156 Å². The number of hydrogen-bond acceptors (Lipinski definition) is 6. The summed E-state index contributed by atoms with van der Waals surface area (Å²) < 4.78 is 28.5. The van der Waals surface area contributed by atoms with E-state index in [1.54, 1.807) is 30.3 Å². The minimum atomic E-state index is -3.37. The van der Waals surface area contributed by atoms with E-state index in [1.807, 2.05) is 0 Å². The number of phenols is 1. The number of carbonyl (C=O) groups excluding carboxylic acids is 2. The molecule has 0 bridgehead atoms. The fourth-order valence-corrected chi connectivity index (χ4v) is 4.01. The van der Waals surface area contributed by atoms with Crippen molar-refractivity contribution in [3.05, 3.63) is 71.6 Å². The number of phenolic OH excluding ortho intramolecular Hbond substituents is 1. The van der Waals surface area contributed by atoms with Crippen LogP contribution in [0.25, 0.3) is 0 Å². The normalized spacial score (nSPS) is 17.4. The molecule has 7 nitrogen and oxygen atoms in total. The van der Waals surface area contributed by atoms with E-state index in [2.05, 4.69) is 0 Å². The number of benzene rings is 2. The van der Waals surface area contributed by atoms with Crippen LogP contribution in [0.4, 0.5) is 5.69 Å². The van der Waals surface area contributed by atoms with Gasteiger partial charge in [-0.05, 0) is 36.4 Å². The van der Waals surface area contributed by atoms with Crippen molar-refractivity contribution in [1.82, 2.24) is 0 Å². The molecule has 27 heavy (non-hydrogen) atoms. The molecule has 0 aromatic heterocycles. The van der Waals surface area contributed by atoms with E-state index in [-0.39, 0.29) is 17.1 Å². The van der Waals surface area contributed by atoms with E-state index >= 15 is 0 Å². The molecule has 0 saturated heterocycles. The summed E-state index contributed by atoms with van der Waals surface area (Å²) in [6.45, 7) is -0.562. The monoisotopic (exact) mass is 387 g/mol. The van der Waals surface area contributed by atoms with E-state index < -0.39 is 34.4 Å². The van der Waals surface area contributed by atoms with Crippen LogP contribution in [0.2, 0.25) is 0 Å². The minimum Gasteiger partial charge on any atom is -0.508 e. The van der Waals surface area contributed by atoms with Gasteiger partial charge in [0, 0.05) is 11.1 Å². The fraction of sp³-hybridized carbons (Fsp3) is 0.158. The summed E-state index contributed by atoms with van der Waals surface area (Å²) in [6.07, 6.45) is 1.44. The summed E-state index contributed by atoms with van der Waals surface area (Å²) in [6, 6.07) is 13.5. The van der Waals surface area contributed by atoms with Crippen LogP contribution in [0.15, 0.2) is 66.1 Å². The number of anilines is 1. The third kappa shape index (κ3) is 4.53. The molecule has 1 aliphatic rings. The van der Waals surface area contributed by atoms with Gasteiger partial charge < -0.3 is 14.7 Å². The Balaban J connectivity index is 1.76. The highest BCUT2D eigenvalue weighted by Gasteiger charge is 2.31. The molecule has 1 N–H and O–H groups in total. The Morgan fingerprint density at radius 1 is 1.11 bits per heavy atom. The lowest BCUT2D eigenvalue weighted by atomic mass is 10.2. The van der Waals surface area contributed by atoms with Crippen molar-refractivity contribution in [3.63, 3.8) is 0 Å². The van der Waals surface area contributed by atoms with Crippen molar-refractivity contribution in [2.45, 2.75) is 6.04 Å². The highest BCUT2D eigenvalue weighted by molar-refractivity contribution is 7.94. The van der Waals surface area contributed by atoms with Crippen LogP contribution in [-0.4, -0.2) is 43.8 Å². The van der Waals surface area contributed by atoms with Gasteiger partial charge in [-0.15, -0.1) is 0 Å². The predicted molar refractivity (Wildman–Crippen MR) is 99.0 cm³/mol. The number of hydrogen-bond donors (Lipinski definition) is 1. The van der Waals surface area contributed by atoms with Gasteiger partial charge in [-0.1, -0.05) is 24.3 Å². The lowest BCUT2D eigenvalue weighted by molar-refractivity contribution is -0.121. The van der Waals surface area contributed by atoms with E-state index in [9.17, 15) is 23.1 Å². The van der Waals surface area contributed by atoms with Crippen molar-refractivity contribution in [2.24, 2.45) is 0 Å². The molecular weight excluding hydrogens is 370 g/mol. The summed E-state index contributed by atoms with van der Waals surface area (Å²) in [7, 11) is -3.37. The molecule has 0 spiro atoms. The highest BCUT2D eigenvalue weighted by Crippen LogP contribution is 2.23. The quantitative estimate of drug-likeness (QED) is 0.787. The van der Waals surface area contributed by atoms with Gasteiger partial charge in [0.2, 0.25) is 0 Å². The van der Waals surface area contributed by atoms with E-state index in [1.165, 1.54) is 35.2 Å². The standard InChI is InChI=1S/C19H17NO6S/c21-17-8-4-5-14(11-17)19(23)26-12-18(22)20(15-6-2-1-3-7-15)16-9-10-27(24,25)13-16/h1-11,16,21H,12-13H2/t16-/m1/s1. The maximum Gasteiger partial charge on any atom is 0.338 e. The summed E-state index contributed by atoms with van der Waals surface area (Å²) in [5.74, 6) is -1.64. The Bertz CT molecular complexity index is 984. The Morgan fingerprint density at radius 2 is 1.85 bits per heavy atom. The number of esters is 1. The molecule has 2 aromatic carbocycles. The molecule has 1 heterocycles. The summed E-state index contributed by atoms with van der Waals surface area (Å²) in [4.78, 5) is 26.1. The Kier molecular flexibility index (Phi) is 5.27. The van der Waals surface area contributed by atoms with Crippen LogP contribution >= 0.6 is 0 Å². The van der Waals surface area contributed by atoms with Crippen LogP contribution in [0.5, 0.6) is 5.75 Å². The second-order valence-electron chi connectivity index (χ2n) is 5.95. The van der Waals surface area contributed by atoms with Crippen LogP contribution in [0.3, 0.4) is 0 Å². The van der Waals surface area contributed by atoms with Crippen LogP contribution in [0, 0.1) is 0 Å². The number of amides is 1. The van der Waals surface area contributed by atoms with Crippen LogP contribution in [0.1, 0.15) is 10.4 Å². The smallest absolute Gasteiger partial charge is 0.338 e. The number of para-hydroxylation sites is 1. The van der Waals surface area contributed by atoms with Crippen molar-refractivity contribution < 1.29 is 27.9 Å². The number of ether oxygens (including phenoxy) is 1. The average Bonchev–Trinajstić information content (AvgIpc) is 3.00. The summed E-state index contributed by atoms with van der Waals surface area (Å²) in [5, 5.41) is 10.5. The number of nitrogens with zero attached hydrogens (tertiary/aromatic N) is 1. The number of rotatable bonds is 5. The van der Waals surface area contributed by atoms with Crippen molar-refractivity contribution >= 4 is 27.4 Å². The lowest BCUT2D eigenvalue weighted by Gasteiger charge is -2.27. The molecule has 0 saturated carbocycles. The first-order valence-electron chi connectivity index (χ1n) is 8.10. The van der Waals surface area contributed by atoms with Crippen molar-refractivity contribution in [1.29, 1.82) is 0 Å². The highest BCUT2D eigenvalue weighted by atomic mass is 32.2. The molecule has 3 rings (SSSR count). The van der Waals surface area contributed by atoms with E-state index in [0.29, 0.717) is 5.69 Å². The van der Waals surface area contributed by atoms with Gasteiger partial charge in [0.05, 0.1) is 17.4 Å². The molecule has 0 radical (unpaired) electrons. The van der Waals surface area contributed by atoms with E-state index in [4.69, 9.17) is 4.74 Å². The zero-order valence-electron chi connectivity index (χ0n) is 14.2. The number of sulfone groups is 1. The number of aromatic hydroxyl groups is 1. The maximum absolute atomic E-state index is 12.7. The summed E-state index contributed by atoms with van der Waals surface area (Å²) in [5.41, 5.74) is 0.611. The first kappa shape index (κ1) is 18.7. The molecule has 1 aliphatic heterocycles. The second kappa shape index (κ2) is 7.63. The molecule has 0 unspecified atom stereocenters. The van der Waals surface area contributed by atoms with Crippen LogP contribution in [-0.2, 0) is 19.4 Å². The number of carbonyl (C=O) groups is 2. The van der Waals surface area contributed by atoms with Crippen molar-refractivity contribution in [3.8, 4) is 5.75 Å². The van der Waals surface area contributed by atoms with Gasteiger partial charge in [0.1, 0.15) is 5.75 Å². The lowest BCUT2D eigenvalue weighted by Crippen LogP contribution is -2.43. The average molecular weight is 387 g/mol. The molecule has 0 fully saturated rings. The molecule has 1 atom stereocenters. The minimum absolute atomic E-state index is 0.0945. The Morgan fingerprint density at radius 3 is 2.48 bits per heavy atom. The molecule has 1 amide bonds. The van der Waals surface area contributed by atoms with Crippen molar-refractivity contribution in [2.75, 3.05) is 17.3 Å². The topological polar surface area (TPSA) is 101 Å². The third-order valence-electron chi connectivity index (χ3n) is 3.95. The van der Waals surface area contributed by atoms with Crippen LogP contribution < -0.4 is 4.90 Å². The first-order chi connectivity index (χ1) is 12.9. The SMILES string of the molecule is O=C(OCC(=O)N(c1ccccc1)[C@@H]1C=CS(=O)(=O)C1)c1cccc(O)c1. The second-order valence-corrected chi connectivity index (χ2v) is 7.88. The first-order valence-corrected chi connectivity index (χ1v) is 9.81. The third-order valence-corrected chi connectivity index (χ3v) is 5.33. The molecular formula is C19H17NO6S. The van der Waals surface area contributed by atoms with Gasteiger partial charge in [-0.3, -0.25) is 4.79 Å². The largest absolute Gasteiger partial charge is 0.508 e. The van der Waals surface area contributed by atoms with Gasteiger partial charge in [-0.2, -0.15) is 0 Å². The van der Waals surface area contributed by atoms with Gasteiger partial charge in [0.25, 0.3) is 5.91 Å². The van der Waals surface area contributed by atoms with Gasteiger partial charge in [-0.25, -0.2) is 13.2 Å². The molecule has 2 aromatic rings. The van der Waals surface area contributed by atoms with E-state index in [0.717, 1.165) is 5.41 Å². The maximum atomic E-state index is 12.7. The fourth-order valence-electron chi connectivity index (χ4n) is 2.74. The Hall–Kier alpha value is -3.13. The molecule has 0 aliphatic carbocycles. The van der Waals surface area contributed by atoms with Gasteiger partial charge in [0.15, 0.2) is 16.4 Å². The van der Waals surface area contributed by atoms with Gasteiger partial charge >= 0.3 is 5.97 Å². The predicted octanol–water partition coefficient (Wildman–Crippen LogP) is 1.89. The zero-order chi connectivity index (χ0) is 19.4. The zero-order valence-corrected chi connectivity index (χ0v) is 15.0. The summed E-state index contributed by atoms with van der Waals surface area (Å²) >= 11 is 0. The molecule has 8 heteroatoms. The molecule has 140 valence electrons.